The minimum absolute atomic E-state index is 0.769. The second-order valence-electron chi connectivity index (χ2n) is 11.0. The van der Waals surface area contributed by atoms with Crippen LogP contribution in [0.25, 0.3) is 12.2 Å². The molecule has 0 spiro atoms. The summed E-state index contributed by atoms with van der Waals surface area (Å²) >= 11 is -2.10. The van der Waals surface area contributed by atoms with Crippen molar-refractivity contribution in [3.05, 3.63) is 77.9 Å². The second-order valence-corrected chi connectivity index (χ2v) is 26.0. The first kappa shape index (κ1) is 21.5. The summed E-state index contributed by atoms with van der Waals surface area (Å²) in [7, 11) is 0. The second kappa shape index (κ2) is 7.50. The van der Waals surface area contributed by atoms with E-state index in [1.54, 1.807) is 77.9 Å². The Labute approximate surface area is 203 Å². The molecule has 0 saturated carbocycles. The van der Waals surface area contributed by atoms with Crippen LogP contribution >= 0.6 is 0 Å². The number of hydrogen-bond donors (Lipinski definition) is 0. The van der Waals surface area contributed by atoms with E-state index in [1.165, 1.54) is 38.5 Å². The van der Waals surface area contributed by atoms with Crippen LogP contribution < -0.4 is 0 Å². The Morgan fingerprint density at radius 1 is 0.594 bits per heavy atom. The molecule has 2 aromatic carbocycles. The van der Waals surface area contributed by atoms with E-state index in [1.807, 2.05) is 0 Å². The molecule has 2 atom stereocenters. The minimum atomic E-state index is -2.10. The number of allylic oxidation sites excluding steroid dienone is 2. The first-order chi connectivity index (χ1) is 15.3. The molecule has 0 radical (unpaired) electrons. The van der Waals surface area contributed by atoms with Crippen molar-refractivity contribution in [2.45, 2.75) is 87.4 Å². The summed E-state index contributed by atoms with van der Waals surface area (Å²) in [6, 6.07) is 0. The van der Waals surface area contributed by atoms with Gasteiger partial charge in [0, 0.05) is 0 Å². The SMILES string of the molecule is CC1=Cc2c(C)c3c(c(C)c2[CH]1[Hf](=[SiH2])[CH]1C(C)=Cc2c(C)c4c(c(C)c21)CCC4)CCC3. The predicted molar refractivity (Wildman–Crippen MR) is 137 cm³/mol. The van der Waals surface area contributed by atoms with Gasteiger partial charge in [-0.1, -0.05) is 0 Å². The molecule has 0 bridgehead atoms. The van der Waals surface area contributed by atoms with Crippen LogP contribution in [-0.2, 0) is 45.7 Å². The van der Waals surface area contributed by atoms with Crippen LogP contribution in [0.15, 0.2) is 11.1 Å². The van der Waals surface area contributed by atoms with Gasteiger partial charge in [0.1, 0.15) is 0 Å². The van der Waals surface area contributed by atoms with Crippen molar-refractivity contribution in [1.29, 1.82) is 0 Å². The van der Waals surface area contributed by atoms with Gasteiger partial charge < -0.3 is 0 Å². The normalized spacial score (nSPS) is 22.4. The van der Waals surface area contributed by atoms with Crippen molar-refractivity contribution in [3.63, 3.8) is 0 Å². The molecule has 0 heterocycles. The van der Waals surface area contributed by atoms with E-state index in [2.05, 4.69) is 60.6 Å². The molecular weight excluding hydrogens is 567 g/mol. The van der Waals surface area contributed by atoms with Crippen LogP contribution in [0, 0.1) is 27.7 Å². The molecule has 32 heavy (non-hydrogen) atoms. The molecule has 0 nitrogen and oxygen atoms in total. The van der Waals surface area contributed by atoms with Gasteiger partial charge in [-0.3, -0.25) is 0 Å². The Balaban J connectivity index is 1.51. The average molecular weight is 603 g/mol. The fourth-order valence-electron chi connectivity index (χ4n) is 7.92. The molecule has 0 aliphatic heterocycles. The fourth-order valence-corrected chi connectivity index (χ4v) is 27.9. The molecule has 164 valence electrons. The third kappa shape index (κ3) is 2.75. The average Bonchev–Trinajstić information content (AvgIpc) is 3.53. The van der Waals surface area contributed by atoms with Crippen molar-refractivity contribution in [3.8, 4) is 0 Å². The van der Waals surface area contributed by atoms with Gasteiger partial charge in [0.25, 0.3) is 0 Å². The quantitative estimate of drug-likeness (QED) is 0.337. The van der Waals surface area contributed by atoms with E-state index >= 15 is 0 Å². The molecule has 2 heteroatoms. The van der Waals surface area contributed by atoms with Crippen LogP contribution in [-0.4, -0.2) is 6.94 Å². The Hall–Kier alpha value is -0.993. The van der Waals surface area contributed by atoms with Gasteiger partial charge in [0.15, 0.2) is 0 Å². The summed E-state index contributed by atoms with van der Waals surface area (Å²) in [6.45, 7) is 17.2. The van der Waals surface area contributed by atoms with Crippen LogP contribution in [0.4, 0.5) is 0 Å². The monoisotopic (exact) mass is 604 g/mol. The van der Waals surface area contributed by atoms with Crippen molar-refractivity contribution < 1.29 is 20.1 Å². The zero-order chi connectivity index (χ0) is 22.5. The van der Waals surface area contributed by atoms with Gasteiger partial charge in [-0.15, -0.1) is 0 Å². The number of benzene rings is 2. The summed E-state index contributed by atoms with van der Waals surface area (Å²) in [4.78, 5) is 0. The van der Waals surface area contributed by atoms with Crippen molar-refractivity contribution in [1.82, 2.24) is 0 Å². The van der Waals surface area contributed by atoms with Crippen LogP contribution in [0.3, 0.4) is 0 Å². The summed E-state index contributed by atoms with van der Waals surface area (Å²) < 4.78 is 1.54. The maximum absolute atomic E-state index is 2.61. The Kier molecular flexibility index (Phi) is 5.05. The van der Waals surface area contributed by atoms with Crippen molar-refractivity contribution in [2.24, 2.45) is 0 Å². The van der Waals surface area contributed by atoms with E-state index in [-0.39, 0.29) is 0 Å². The van der Waals surface area contributed by atoms with Gasteiger partial charge in [-0.05, 0) is 0 Å². The van der Waals surface area contributed by atoms with Crippen molar-refractivity contribution >= 4 is 19.1 Å². The molecule has 4 aliphatic rings. The Bertz CT molecular complexity index is 1200. The van der Waals surface area contributed by atoms with Crippen LogP contribution in [0.2, 0.25) is 0 Å². The molecule has 2 aromatic rings. The third-order valence-corrected chi connectivity index (χ3v) is 26.8. The topological polar surface area (TPSA) is 0 Å². The number of fused-ring (bicyclic) bond motifs is 4. The molecule has 4 aliphatic carbocycles. The van der Waals surface area contributed by atoms with Gasteiger partial charge in [-0.2, -0.15) is 0 Å². The van der Waals surface area contributed by atoms with Gasteiger partial charge in [0.05, 0.1) is 0 Å². The van der Waals surface area contributed by atoms with Crippen LogP contribution in [0.1, 0.15) is 101 Å². The van der Waals surface area contributed by atoms with Crippen LogP contribution in [0.5, 0.6) is 0 Å². The zero-order valence-electron chi connectivity index (χ0n) is 20.8. The predicted octanol–water partition coefficient (Wildman–Crippen LogP) is 6.68. The van der Waals surface area contributed by atoms with Gasteiger partial charge in [-0.25, -0.2) is 0 Å². The molecule has 6 rings (SSSR count). The summed E-state index contributed by atoms with van der Waals surface area (Å²) in [6.07, 6.45) is 13.1. The first-order valence-corrected chi connectivity index (χ1v) is 25.1. The molecule has 0 fully saturated rings. The Morgan fingerprint density at radius 3 is 1.31 bits per heavy atom. The number of rotatable bonds is 2. The summed E-state index contributed by atoms with van der Waals surface area (Å²) in [5.41, 5.74) is 23.6. The van der Waals surface area contributed by atoms with E-state index < -0.39 is 20.1 Å². The molecule has 2 unspecified atom stereocenters. The molecule has 0 N–H and O–H groups in total. The standard InChI is InChI=1S/2C15H17.Hf.H2Si/c2*1-9-7-14-10(2)12-5-4-6-13(12)11(3)15(14)8-9;;/h2*7-8H,4-6H2,1-3H3;;1H2. The zero-order valence-corrected chi connectivity index (χ0v) is 25.8. The van der Waals surface area contributed by atoms with Gasteiger partial charge in [0.2, 0.25) is 0 Å². The first-order valence-electron chi connectivity index (χ1n) is 12.7. The third-order valence-electron chi connectivity index (χ3n) is 9.42. The maximum atomic E-state index is 2.61. The van der Waals surface area contributed by atoms with E-state index in [9.17, 15) is 0 Å². The molecule has 0 saturated heterocycles. The molecule has 0 aromatic heterocycles. The van der Waals surface area contributed by atoms with E-state index in [0.717, 1.165) is 7.35 Å². The molecule has 0 amide bonds. The van der Waals surface area contributed by atoms with E-state index in [4.69, 9.17) is 0 Å². The summed E-state index contributed by atoms with van der Waals surface area (Å²) in [5.74, 6) is 0. The Morgan fingerprint density at radius 2 is 0.938 bits per heavy atom. The fraction of sp³-hybridized carbons (Fsp3) is 0.467. The van der Waals surface area contributed by atoms with E-state index in [0.29, 0.717) is 0 Å². The number of hydrogen-bond acceptors (Lipinski definition) is 0. The van der Waals surface area contributed by atoms with Crippen molar-refractivity contribution in [2.75, 3.05) is 0 Å². The molecular formula is C30H36HfSi. The summed E-state index contributed by atoms with van der Waals surface area (Å²) in [5, 5.41) is 0. The van der Waals surface area contributed by atoms with Gasteiger partial charge >= 0.3 is 204 Å².